The minimum atomic E-state index is 0.875. The van der Waals surface area contributed by atoms with Gasteiger partial charge in [-0.25, -0.2) is 4.98 Å². The second-order valence-corrected chi connectivity index (χ2v) is 4.88. The predicted octanol–water partition coefficient (Wildman–Crippen LogP) is 3.66. The summed E-state index contributed by atoms with van der Waals surface area (Å²) in [7, 11) is 0. The molecule has 0 unspecified atom stereocenters. The molecule has 3 heteroatoms. The van der Waals surface area contributed by atoms with E-state index in [0.717, 1.165) is 25.5 Å². The van der Waals surface area contributed by atoms with Crippen molar-refractivity contribution in [3.05, 3.63) is 53.7 Å². The van der Waals surface area contributed by atoms with Crippen LogP contribution in [0.3, 0.4) is 0 Å². The van der Waals surface area contributed by atoms with Crippen molar-refractivity contribution in [3.8, 4) is 0 Å². The molecule has 20 heavy (non-hydrogen) atoms. The van der Waals surface area contributed by atoms with Crippen molar-refractivity contribution in [1.29, 1.82) is 0 Å². The molecule has 2 rings (SSSR count). The largest absolute Gasteiger partial charge is 0.327 e. The summed E-state index contributed by atoms with van der Waals surface area (Å²) in [6.07, 6.45) is 1.95. The van der Waals surface area contributed by atoms with Crippen molar-refractivity contribution in [2.24, 2.45) is 0 Å². The summed E-state index contributed by atoms with van der Waals surface area (Å²) in [5.41, 5.74) is 3.68. The van der Waals surface area contributed by atoms with Crippen LogP contribution in [0.5, 0.6) is 0 Å². The molecule has 0 atom stereocenters. The first-order valence-corrected chi connectivity index (χ1v) is 7.24. The maximum Gasteiger partial charge on any atom is 0.132 e. The van der Waals surface area contributed by atoms with E-state index < -0.39 is 0 Å². The van der Waals surface area contributed by atoms with E-state index in [2.05, 4.69) is 72.4 Å². The van der Waals surface area contributed by atoms with Gasteiger partial charge in [0, 0.05) is 25.0 Å². The summed E-state index contributed by atoms with van der Waals surface area (Å²) >= 11 is 0. The zero-order valence-corrected chi connectivity index (χ0v) is 12.6. The first-order chi connectivity index (χ1) is 9.74. The number of anilines is 2. The zero-order valence-electron chi connectivity index (χ0n) is 12.6. The average Bonchev–Trinajstić information content (AvgIpc) is 2.49. The third-order valence-electron chi connectivity index (χ3n) is 3.33. The minimum Gasteiger partial charge on any atom is -0.327 e. The number of nitrogens with zero attached hydrogens (tertiary/aromatic N) is 2. The van der Waals surface area contributed by atoms with Crippen LogP contribution in [0.4, 0.5) is 11.5 Å². The third kappa shape index (κ3) is 3.58. The Kier molecular flexibility index (Phi) is 5.13. The molecule has 0 radical (unpaired) electrons. The minimum absolute atomic E-state index is 0.875. The first kappa shape index (κ1) is 14.5. The van der Waals surface area contributed by atoms with Gasteiger partial charge in [-0.1, -0.05) is 30.7 Å². The van der Waals surface area contributed by atoms with Gasteiger partial charge in [0.25, 0.3) is 0 Å². The number of hydrogen-bond donors (Lipinski definition) is 1. The first-order valence-electron chi connectivity index (χ1n) is 7.24. The Bertz CT molecular complexity index is 517. The lowest BCUT2D eigenvalue weighted by Crippen LogP contribution is -2.18. The van der Waals surface area contributed by atoms with Crippen LogP contribution < -0.4 is 10.2 Å². The van der Waals surface area contributed by atoms with Crippen molar-refractivity contribution < 1.29 is 0 Å². The molecule has 106 valence electrons. The summed E-state index contributed by atoms with van der Waals surface area (Å²) in [5, 5.41) is 3.31. The quantitative estimate of drug-likeness (QED) is 0.867. The standard InChI is InChI=1S/C17H23N3/c1-4-18-12-15-8-11-17(19-13-15)20(5-2)16-9-6-14(3)7-10-16/h6-11,13,18H,4-5,12H2,1-3H3. The fraction of sp³-hybridized carbons (Fsp3) is 0.353. The van der Waals surface area contributed by atoms with Gasteiger partial charge in [0.2, 0.25) is 0 Å². The summed E-state index contributed by atoms with van der Waals surface area (Å²) in [4.78, 5) is 6.81. The van der Waals surface area contributed by atoms with Crippen molar-refractivity contribution >= 4 is 11.5 Å². The Balaban J connectivity index is 2.17. The van der Waals surface area contributed by atoms with Crippen LogP contribution in [0, 0.1) is 6.92 Å². The van der Waals surface area contributed by atoms with Crippen LogP contribution in [-0.2, 0) is 6.54 Å². The highest BCUT2D eigenvalue weighted by Crippen LogP contribution is 2.23. The molecule has 0 saturated heterocycles. The van der Waals surface area contributed by atoms with Gasteiger partial charge >= 0.3 is 0 Å². The van der Waals surface area contributed by atoms with Gasteiger partial charge in [-0.15, -0.1) is 0 Å². The number of aryl methyl sites for hydroxylation is 1. The molecule has 0 amide bonds. The smallest absolute Gasteiger partial charge is 0.132 e. The fourth-order valence-electron chi connectivity index (χ4n) is 2.15. The molecule has 1 heterocycles. The van der Waals surface area contributed by atoms with E-state index >= 15 is 0 Å². The maximum absolute atomic E-state index is 4.59. The molecule has 1 N–H and O–H groups in total. The summed E-state index contributed by atoms with van der Waals surface area (Å²) in [6, 6.07) is 12.8. The van der Waals surface area contributed by atoms with Crippen molar-refractivity contribution in [2.45, 2.75) is 27.3 Å². The molecule has 1 aromatic carbocycles. The molecule has 0 aliphatic rings. The lowest BCUT2D eigenvalue weighted by molar-refractivity contribution is 0.724. The second kappa shape index (κ2) is 7.06. The van der Waals surface area contributed by atoms with Crippen LogP contribution >= 0.6 is 0 Å². The Morgan fingerprint density at radius 2 is 1.80 bits per heavy atom. The van der Waals surface area contributed by atoms with E-state index in [-0.39, 0.29) is 0 Å². The third-order valence-corrected chi connectivity index (χ3v) is 3.33. The fourth-order valence-corrected chi connectivity index (χ4v) is 2.15. The van der Waals surface area contributed by atoms with Crippen LogP contribution in [0.25, 0.3) is 0 Å². The molecular formula is C17H23N3. The van der Waals surface area contributed by atoms with E-state index in [0.29, 0.717) is 0 Å². The highest BCUT2D eigenvalue weighted by molar-refractivity contribution is 5.60. The van der Waals surface area contributed by atoms with E-state index in [1.54, 1.807) is 0 Å². The predicted molar refractivity (Wildman–Crippen MR) is 85.5 cm³/mol. The molecule has 0 bridgehead atoms. The van der Waals surface area contributed by atoms with Crippen molar-refractivity contribution in [3.63, 3.8) is 0 Å². The van der Waals surface area contributed by atoms with Gasteiger partial charge in [0.15, 0.2) is 0 Å². The number of benzene rings is 1. The number of hydrogen-bond acceptors (Lipinski definition) is 3. The highest BCUT2D eigenvalue weighted by Gasteiger charge is 2.08. The number of pyridine rings is 1. The topological polar surface area (TPSA) is 28.2 Å². The highest BCUT2D eigenvalue weighted by atomic mass is 15.2. The number of nitrogens with one attached hydrogen (secondary N) is 1. The Morgan fingerprint density at radius 3 is 2.35 bits per heavy atom. The van der Waals surface area contributed by atoms with Crippen LogP contribution in [0.1, 0.15) is 25.0 Å². The van der Waals surface area contributed by atoms with Crippen LogP contribution in [-0.4, -0.2) is 18.1 Å². The number of rotatable bonds is 6. The zero-order chi connectivity index (χ0) is 14.4. The molecule has 3 nitrogen and oxygen atoms in total. The van der Waals surface area contributed by atoms with Crippen molar-refractivity contribution in [2.75, 3.05) is 18.0 Å². The van der Waals surface area contributed by atoms with Crippen LogP contribution in [0.15, 0.2) is 42.6 Å². The Labute approximate surface area is 121 Å². The summed E-state index contributed by atoms with van der Waals surface area (Å²) < 4.78 is 0. The SMILES string of the molecule is CCNCc1ccc(N(CC)c2ccc(C)cc2)nc1. The molecule has 0 saturated carbocycles. The molecule has 1 aromatic heterocycles. The van der Waals surface area contributed by atoms with E-state index in [4.69, 9.17) is 0 Å². The lowest BCUT2D eigenvalue weighted by atomic mass is 10.2. The average molecular weight is 269 g/mol. The lowest BCUT2D eigenvalue weighted by Gasteiger charge is -2.22. The molecule has 0 aliphatic carbocycles. The van der Waals surface area contributed by atoms with Gasteiger partial charge in [-0.3, -0.25) is 0 Å². The molecule has 0 fully saturated rings. The summed E-state index contributed by atoms with van der Waals surface area (Å²) in [5.74, 6) is 0.997. The van der Waals surface area contributed by atoms with Crippen LogP contribution in [0.2, 0.25) is 0 Å². The normalized spacial score (nSPS) is 10.6. The number of aromatic nitrogens is 1. The van der Waals surface area contributed by atoms with Gasteiger partial charge in [-0.2, -0.15) is 0 Å². The van der Waals surface area contributed by atoms with Crippen molar-refractivity contribution in [1.82, 2.24) is 10.3 Å². The van der Waals surface area contributed by atoms with Gasteiger partial charge in [0.05, 0.1) is 0 Å². The van der Waals surface area contributed by atoms with E-state index in [1.807, 2.05) is 6.20 Å². The molecule has 0 spiro atoms. The Morgan fingerprint density at radius 1 is 1.05 bits per heavy atom. The van der Waals surface area contributed by atoms with Gasteiger partial charge in [0.1, 0.15) is 5.82 Å². The van der Waals surface area contributed by atoms with Gasteiger partial charge < -0.3 is 10.2 Å². The maximum atomic E-state index is 4.59. The molecular weight excluding hydrogens is 246 g/mol. The van der Waals surface area contributed by atoms with E-state index in [9.17, 15) is 0 Å². The summed E-state index contributed by atoms with van der Waals surface area (Å²) in [6.45, 7) is 9.12. The van der Waals surface area contributed by atoms with Gasteiger partial charge in [-0.05, 0) is 44.2 Å². The molecule has 0 aliphatic heterocycles. The molecule has 2 aromatic rings. The Hall–Kier alpha value is -1.87. The second-order valence-electron chi connectivity index (χ2n) is 4.88. The monoisotopic (exact) mass is 269 g/mol. The van der Waals surface area contributed by atoms with E-state index in [1.165, 1.54) is 16.8 Å².